The number of nitrogens with one attached hydrogen (secondary N) is 1. The highest BCUT2D eigenvalue weighted by Crippen LogP contribution is 1.93. The summed E-state index contributed by atoms with van der Waals surface area (Å²) in [6.07, 6.45) is 4.17. The molecule has 0 saturated carbocycles. The summed E-state index contributed by atoms with van der Waals surface area (Å²) in [4.78, 5) is 0. The molecule has 0 aromatic rings. The molecule has 1 N–H and O–H groups in total. The van der Waals surface area contributed by atoms with Gasteiger partial charge in [0.15, 0.2) is 0 Å². The molecule has 0 aliphatic rings. The number of rotatable bonds is 2. The zero-order valence-corrected chi connectivity index (χ0v) is 4.86. The van der Waals surface area contributed by atoms with Crippen LogP contribution in [0, 0.1) is 5.41 Å². The standard InChI is InChI=1S/C6H11N/c1-3-6(2)4-5-7/h4-5,7H,3H2,1-2H3/b6-4-,7-5?. The Kier molecular flexibility index (Phi) is 3.29. The zero-order valence-electron chi connectivity index (χ0n) is 4.86. The van der Waals surface area contributed by atoms with E-state index in [2.05, 4.69) is 6.92 Å². The Morgan fingerprint density at radius 3 is 2.43 bits per heavy atom. The molecule has 0 aliphatic carbocycles. The van der Waals surface area contributed by atoms with Crippen LogP contribution in [0.2, 0.25) is 0 Å². The van der Waals surface area contributed by atoms with Gasteiger partial charge in [-0.1, -0.05) is 12.5 Å². The smallest absolute Gasteiger partial charge is 0.0177 e. The van der Waals surface area contributed by atoms with Gasteiger partial charge in [0.1, 0.15) is 0 Å². The summed E-state index contributed by atoms with van der Waals surface area (Å²) < 4.78 is 0. The molecule has 1 nitrogen and oxygen atoms in total. The fraction of sp³-hybridized carbons (Fsp3) is 0.500. The summed E-state index contributed by atoms with van der Waals surface area (Å²) in [5, 5.41) is 6.64. The quantitative estimate of drug-likeness (QED) is 0.509. The molecule has 0 heterocycles. The average Bonchev–Trinajstić information content (AvgIpc) is 1.68. The van der Waals surface area contributed by atoms with E-state index in [1.54, 1.807) is 6.08 Å². The lowest BCUT2D eigenvalue weighted by Crippen LogP contribution is -1.69. The first-order valence-electron chi connectivity index (χ1n) is 2.47. The number of allylic oxidation sites excluding steroid dienone is 2. The van der Waals surface area contributed by atoms with Crippen molar-refractivity contribution in [1.29, 1.82) is 5.41 Å². The van der Waals surface area contributed by atoms with Crippen LogP contribution in [0.1, 0.15) is 20.3 Å². The van der Waals surface area contributed by atoms with Gasteiger partial charge < -0.3 is 5.41 Å². The zero-order chi connectivity index (χ0) is 5.70. The van der Waals surface area contributed by atoms with Gasteiger partial charge in [-0.3, -0.25) is 0 Å². The first kappa shape index (κ1) is 6.41. The molecule has 0 saturated heterocycles. The first-order chi connectivity index (χ1) is 3.31. The van der Waals surface area contributed by atoms with Gasteiger partial charge in [-0.25, -0.2) is 0 Å². The second-order valence-corrected chi connectivity index (χ2v) is 1.53. The minimum absolute atomic E-state index is 1.05. The Morgan fingerprint density at radius 2 is 2.29 bits per heavy atom. The highest BCUT2D eigenvalue weighted by Gasteiger charge is 1.75. The predicted molar refractivity (Wildman–Crippen MR) is 32.8 cm³/mol. The summed E-state index contributed by atoms with van der Waals surface area (Å²) in [5.41, 5.74) is 1.26. The minimum Gasteiger partial charge on any atom is -0.309 e. The van der Waals surface area contributed by atoms with Gasteiger partial charge in [-0.2, -0.15) is 0 Å². The van der Waals surface area contributed by atoms with E-state index in [9.17, 15) is 0 Å². The molecular formula is C6H11N. The summed E-state index contributed by atoms with van der Waals surface area (Å²) >= 11 is 0. The van der Waals surface area contributed by atoms with Gasteiger partial charge in [0.25, 0.3) is 0 Å². The molecule has 0 amide bonds. The van der Waals surface area contributed by atoms with E-state index in [1.165, 1.54) is 11.8 Å². The molecule has 0 atom stereocenters. The van der Waals surface area contributed by atoms with Crippen molar-refractivity contribution in [3.63, 3.8) is 0 Å². The SMILES string of the molecule is CC/C(C)=C\C=N. The number of hydrogen-bond donors (Lipinski definition) is 1. The summed E-state index contributed by atoms with van der Waals surface area (Å²) in [5.74, 6) is 0. The molecule has 0 unspecified atom stereocenters. The van der Waals surface area contributed by atoms with Crippen LogP contribution in [0.25, 0.3) is 0 Å². The fourth-order valence-electron chi connectivity index (χ4n) is 0.260. The van der Waals surface area contributed by atoms with Gasteiger partial charge in [0.05, 0.1) is 0 Å². The average molecular weight is 97.2 g/mol. The van der Waals surface area contributed by atoms with E-state index in [0.717, 1.165) is 6.42 Å². The van der Waals surface area contributed by atoms with Gasteiger partial charge in [0, 0.05) is 6.21 Å². The third-order valence-electron chi connectivity index (χ3n) is 0.926. The van der Waals surface area contributed by atoms with E-state index in [4.69, 9.17) is 5.41 Å². The van der Waals surface area contributed by atoms with Crippen molar-refractivity contribution < 1.29 is 0 Å². The summed E-state index contributed by atoms with van der Waals surface area (Å²) in [6.45, 7) is 4.10. The molecule has 0 rings (SSSR count). The van der Waals surface area contributed by atoms with Crippen LogP contribution in [0.5, 0.6) is 0 Å². The molecule has 0 fully saturated rings. The van der Waals surface area contributed by atoms with Crippen LogP contribution in [-0.4, -0.2) is 6.21 Å². The number of hydrogen-bond acceptors (Lipinski definition) is 1. The summed E-state index contributed by atoms with van der Waals surface area (Å²) in [6, 6.07) is 0. The van der Waals surface area contributed by atoms with Crippen LogP contribution in [0.4, 0.5) is 0 Å². The van der Waals surface area contributed by atoms with Crippen molar-refractivity contribution in [2.75, 3.05) is 0 Å². The van der Waals surface area contributed by atoms with Gasteiger partial charge in [-0.15, -0.1) is 0 Å². The molecule has 7 heavy (non-hydrogen) atoms. The molecule has 40 valence electrons. The monoisotopic (exact) mass is 97.1 g/mol. The maximum Gasteiger partial charge on any atom is 0.0177 e. The second kappa shape index (κ2) is 3.59. The molecule has 1 heteroatoms. The van der Waals surface area contributed by atoms with Gasteiger partial charge in [-0.05, 0) is 19.4 Å². The summed E-state index contributed by atoms with van der Waals surface area (Å²) in [7, 11) is 0. The topological polar surface area (TPSA) is 23.9 Å². The Balaban J connectivity index is 3.49. The third-order valence-corrected chi connectivity index (χ3v) is 0.926. The normalized spacial score (nSPS) is 11.4. The van der Waals surface area contributed by atoms with Crippen LogP contribution in [0.3, 0.4) is 0 Å². The Labute approximate surface area is 44.6 Å². The van der Waals surface area contributed by atoms with Crippen molar-refractivity contribution >= 4 is 6.21 Å². The van der Waals surface area contributed by atoms with Crippen LogP contribution >= 0.6 is 0 Å². The Morgan fingerprint density at radius 1 is 1.71 bits per heavy atom. The minimum atomic E-state index is 1.05. The Bertz CT molecular complexity index is 82.2. The molecule has 0 spiro atoms. The lowest BCUT2D eigenvalue weighted by molar-refractivity contribution is 1.10. The van der Waals surface area contributed by atoms with Crippen molar-refractivity contribution in [2.24, 2.45) is 0 Å². The highest BCUT2D eigenvalue weighted by atomic mass is 14.3. The highest BCUT2D eigenvalue weighted by molar-refractivity contribution is 5.68. The van der Waals surface area contributed by atoms with E-state index in [0.29, 0.717) is 0 Å². The third kappa shape index (κ3) is 3.23. The van der Waals surface area contributed by atoms with Crippen molar-refractivity contribution in [2.45, 2.75) is 20.3 Å². The van der Waals surface area contributed by atoms with E-state index in [-0.39, 0.29) is 0 Å². The maximum atomic E-state index is 6.64. The molecular weight excluding hydrogens is 86.1 g/mol. The molecule has 0 aromatic carbocycles. The Hall–Kier alpha value is -0.590. The van der Waals surface area contributed by atoms with E-state index < -0.39 is 0 Å². The molecule has 0 bridgehead atoms. The lowest BCUT2D eigenvalue weighted by Gasteiger charge is -1.85. The van der Waals surface area contributed by atoms with Gasteiger partial charge >= 0.3 is 0 Å². The second-order valence-electron chi connectivity index (χ2n) is 1.53. The fourth-order valence-corrected chi connectivity index (χ4v) is 0.260. The van der Waals surface area contributed by atoms with Crippen molar-refractivity contribution in [3.05, 3.63) is 11.6 Å². The van der Waals surface area contributed by atoms with E-state index >= 15 is 0 Å². The van der Waals surface area contributed by atoms with Crippen molar-refractivity contribution in [3.8, 4) is 0 Å². The van der Waals surface area contributed by atoms with E-state index in [1.807, 2.05) is 6.92 Å². The van der Waals surface area contributed by atoms with Crippen LogP contribution < -0.4 is 0 Å². The molecule has 0 radical (unpaired) electrons. The lowest BCUT2D eigenvalue weighted by atomic mass is 10.2. The molecule has 0 aromatic heterocycles. The predicted octanol–water partition coefficient (Wildman–Crippen LogP) is 1.99. The van der Waals surface area contributed by atoms with Crippen LogP contribution in [0.15, 0.2) is 11.6 Å². The van der Waals surface area contributed by atoms with Gasteiger partial charge in [0.2, 0.25) is 0 Å². The largest absolute Gasteiger partial charge is 0.309 e. The van der Waals surface area contributed by atoms with Crippen LogP contribution in [-0.2, 0) is 0 Å². The maximum absolute atomic E-state index is 6.64. The van der Waals surface area contributed by atoms with Crippen molar-refractivity contribution in [1.82, 2.24) is 0 Å². The first-order valence-corrected chi connectivity index (χ1v) is 2.47. The molecule has 0 aliphatic heterocycles.